The summed E-state index contributed by atoms with van der Waals surface area (Å²) >= 11 is 1.64. The molecule has 4 nitrogen and oxygen atoms in total. The van der Waals surface area contributed by atoms with Gasteiger partial charge in [-0.1, -0.05) is 0 Å². The first kappa shape index (κ1) is 17.4. The van der Waals surface area contributed by atoms with Crippen LogP contribution in [-0.4, -0.2) is 15.7 Å². The molecule has 25 heavy (non-hydrogen) atoms. The molecule has 0 saturated carbocycles. The molecule has 1 amide bonds. The highest BCUT2D eigenvalue weighted by atomic mass is 32.1. The second-order valence-electron chi connectivity index (χ2n) is 5.99. The Bertz CT molecular complexity index is 840. The van der Waals surface area contributed by atoms with E-state index < -0.39 is 0 Å². The van der Waals surface area contributed by atoms with Gasteiger partial charge >= 0.3 is 0 Å². The number of hydrogen-bond acceptors (Lipinski definition) is 3. The van der Waals surface area contributed by atoms with Crippen molar-refractivity contribution in [3.63, 3.8) is 0 Å². The highest BCUT2D eigenvalue weighted by Gasteiger charge is 2.16. The van der Waals surface area contributed by atoms with Gasteiger partial charge in [0.05, 0.1) is 17.9 Å². The Morgan fingerprint density at radius 1 is 1.32 bits per heavy atom. The van der Waals surface area contributed by atoms with E-state index in [1.807, 2.05) is 25.3 Å². The Hall–Kier alpha value is -2.47. The van der Waals surface area contributed by atoms with E-state index in [4.69, 9.17) is 0 Å². The molecular weight excluding hydrogens is 337 g/mol. The molecule has 0 saturated heterocycles. The molecule has 1 N–H and O–H groups in total. The fourth-order valence-electron chi connectivity index (χ4n) is 2.77. The summed E-state index contributed by atoms with van der Waals surface area (Å²) in [5.41, 5.74) is 3.86. The van der Waals surface area contributed by atoms with Crippen LogP contribution in [0.15, 0.2) is 47.3 Å². The number of benzene rings is 1. The van der Waals surface area contributed by atoms with Crippen LogP contribution in [-0.2, 0) is 11.2 Å². The summed E-state index contributed by atoms with van der Waals surface area (Å²) in [5, 5.41) is 11.5. The predicted octanol–water partition coefficient (Wildman–Crippen LogP) is 4.19. The van der Waals surface area contributed by atoms with Gasteiger partial charge in [-0.3, -0.25) is 4.79 Å². The third-order valence-corrected chi connectivity index (χ3v) is 4.92. The highest BCUT2D eigenvalue weighted by molar-refractivity contribution is 7.07. The van der Waals surface area contributed by atoms with Crippen LogP contribution in [0.5, 0.6) is 0 Å². The largest absolute Gasteiger partial charge is 0.349 e. The van der Waals surface area contributed by atoms with Gasteiger partial charge in [-0.25, -0.2) is 9.07 Å². The van der Waals surface area contributed by atoms with Crippen molar-refractivity contribution in [3.8, 4) is 5.69 Å². The molecule has 0 aliphatic rings. The summed E-state index contributed by atoms with van der Waals surface area (Å²) in [7, 11) is 0. The number of carbonyl (C=O) groups is 1. The van der Waals surface area contributed by atoms with Gasteiger partial charge in [0.25, 0.3) is 0 Å². The molecule has 1 aromatic carbocycles. The van der Waals surface area contributed by atoms with E-state index in [-0.39, 0.29) is 17.8 Å². The van der Waals surface area contributed by atoms with Crippen LogP contribution in [0, 0.1) is 12.7 Å². The molecule has 6 heteroatoms. The lowest BCUT2D eigenvalue weighted by molar-refractivity contribution is -0.121. The number of carbonyl (C=O) groups excluding carboxylic acids is 1. The minimum absolute atomic E-state index is 0.0210. The zero-order chi connectivity index (χ0) is 17.8. The van der Waals surface area contributed by atoms with Crippen LogP contribution in [0.4, 0.5) is 4.39 Å². The molecule has 1 unspecified atom stereocenters. The Balaban J connectivity index is 1.65. The van der Waals surface area contributed by atoms with Crippen LogP contribution in [0.3, 0.4) is 0 Å². The topological polar surface area (TPSA) is 46.9 Å². The monoisotopic (exact) mass is 357 g/mol. The van der Waals surface area contributed by atoms with Crippen molar-refractivity contribution < 1.29 is 9.18 Å². The normalized spacial score (nSPS) is 12.1. The number of nitrogens with one attached hydrogen (secondary N) is 1. The van der Waals surface area contributed by atoms with Crippen molar-refractivity contribution >= 4 is 17.2 Å². The lowest BCUT2D eigenvalue weighted by atomic mass is 10.1. The maximum atomic E-state index is 13.1. The van der Waals surface area contributed by atoms with Crippen molar-refractivity contribution in [2.24, 2.45) is 0 Å². The van der Waals surface area contributed by atoms with Gasteiger partial charge in [-0.05, 0) is 66.9 Å². The van der Waals surface area contributed by atoms with Crippen LogP contribution in [0.25, 0.3) is 5.69 Å². The van der Waals surface area contributed by atoms with E-state index in [2.05, 4.69) is 15.8 Å². The third-order valence-electron chi connectivity index (χ3n) is 4.18. The SMILES string of the molecule is Cc1c(C(C)NC(=O)CCc2ccsc2)cnn1-c1ccc(F)cc1. The lowest BCUT2D eigenvalue weighted by Crippen LogP contribution is -2.27. The molecule has 0 aliphatic heterocycles. The third kappa shape index (κ3) is 4.14. The standard InChI is InChI=1S/C19H20FN3OS/c1-13(22-19(24)8-3-15-9-10-25-12-15)18-11-21-23(14(18)2)17-6-4-16(20)5-7-17/h4-7,9-13H,3,8H2,1-2H3,(H,22,24). The fourth-order valence-corrected chi connectivity index (χ4v) is 3.48. The summed E-state index contributed by atoms with van der Waals surface area (Å²) in [4.78, 5) is 12.2. The van der Waals surface area contributed by atoms with Crippen molar-refractivity contribution in [3.05, 3.63) is 69.9 Å². The number of rotatable bonds is 6. The van der Waals surface area contributed by atoms with Crippen LogP contribution < -0.4 is 5.32 Å². The van der Waals surface area contributed by atoms with Crippen molar-refractivity contribution in [1.29, 1.82) is 0 Å². The average molecular weight is 357 g/mol. The molecule has 0 bridgehead atoms. The first-order valence-corrected chi connectivity index (χ1v) is 9.10. The maximum absolute atomic E-state index is 13.1. The summed E-state index contributed by atoms with van der Waals surface area (Å²) in [5.74, 6) is -0.257. The van der Waals surface area contributed by atoms with E-state index in [9.17, 15) is 9.18 Å². The van der Waals surface area contributed by atoms with Gasteiger partial charge < -0.3 is 5.32 Å². The number of aryl methyl sites for hydroxylation is 1. The van der Waals surface area contributed by atoms with Crippen molar-refractivity contribution in [1.82, 2.24) is 15.1 Å². The molecule has 0 radical (unpaired) electrons. The Labute approximate surface area is 150 Å². The van der Waals surface area contributed by atoms with Crippen molar-refractivity contribution in [2.75, 3.05) is 0 Å². The Morgan fingerprint density at radius 2 is 2.08 bits per heavy atom. The van der Waals surface area contributed by atoms with Gasteiger partial charge in [0, 0.05) is 17.7 Å². The number of nitrogens with zero attached hydrogens (tertiary/aromatic N) is 2. The van der Waals surface area contributed by atoms with Gasteiger partial charge in [-0.15, -0.1) is 0 Å². The molecule has 130 valence electrons. The smallest absolute Gasteiger partial charge is 0.220 e. The Kier molecular flexibility index (Phi) is 5.28. The lowest BCUT2D eigenvalue weighted by Gasteiger charge is -2.14. The Morgan fingerprint density at radius 3 is 2.76 bits per heavy atom. The molecule has 0 spiro atoms. The first-order valence-electron chi connectivity index (χ1n) is 8.15. The summed E-state index contributed by atoms with van der Waals surface area (Å²) in [6.45, 7) is 3.89. The summed E-state index contributed by atoms with van der Waals surface area (Å²) in [6.07, 6.45) is 2.96. The number of thiophene rings is 1. The van der Waals surface area contributed by atoms with Crippen LogP contribution in [0.1, 0.15) is 36.2 Å². The minimum Gasteiger partial charge on any atom is -0.349 e. The van der Waals surface area contributed by atoms with Crippen LogP contribution in [0.2, 0.25) is 0 Å². The fraction of sp³-hybridized carbons (Fsp3) is 0.263. The van der Waals surface area contributed by atoms with Gasteiger partial charge in [-0.2, -0.15) is 16.4 Å². The molecule has 0 aliphatic carbocycles. The minimum atomic E-state index is -0.278. The molecular formula is C19H20FN3OS. The summed E-state index contributed by atoms with van der Waals surface area (Å²) in [6, 6.07) is 8.09. The predicted molar refractivity (Wildman–Crippen MR) is 97.5 cm³/mol. The van der Waals surface area contributed by atoms with E-state index >= 15 is 0 Å². The van der Waals surface area contributed by atoms with Crippen molar-refractivity contribution in [2.45, 2.75) is 32.7 Å². The maximum Gasteiger partial charge on any atom is 0.220 e. The van der Waals surface area contributed by atoms with Gasteiger partial charge in [0.15, 0.2) is 0 Å². The number of aromatic nitrogens is 2. The van der Waals surface area contributed by atoms with E-state index in [1.165, 1.54) is 17.7 Å². The average Bonchev–Trinajstić information content (AvgIpc) is 3.23. The zero-order valence-electron chi connectivity index (χ0n) is 14.2. The molecule has 2 heterocycles. The van der Waals surface area contributed by atoms with Gasteiger partial charge in [0.2, 0.25) is 5.91 Å². The second kappa shape index (κ2) is 7.61. The highest BCUT2D eigenvalue weighted by Crippen LogP contribution is 2.20. The van der Waals surface area contributed by atoms with Crippen LogP contribution >= 0.6 is 11.3 Å². The van der Waals surface area contributed by atoms with E-state index in [1.54, 1.807) is 34.3 Å². The second-order valence-corrected chi connectivity index (χ2v) is 6.77. The first-order chi connectivity index (χ1) is 12.0. The molecule has 3 rings (SSSR count). The van der Waals surface area contributed by atoms with E-state index in [0.717, 1.165) is 23.4 Å². The van der Waals surface area contributed by atoms with E-state index in [0.29, 0.717) is 6.42 Å². The molecule has 1 atom stereocenters. The molecule has 0 fully saturated rings. The summed E-state index contributed by atoms with van der Waals surface area (Å²) < 4.78 is 14.8. The number of amides is 1. The number of halogens is 1. The van der Waals surface area contributed by atoms with Gasteiger partial charge in [0.1, 0.15) is 5.82 Å². The molecule has 3 aromatic rings. The quantitative estimate of drug-likeness (QED) is 0.719. The molecule has 2 aromatic heterocycles. The number of hydrogen-bond donors (Lipinski definition) is 1. The zero-order valence-corrected chi connectivity index (χ0v) is 15.0.